The average Bonchev–Trinajstić information content (AvgIpc) is 2.96. The van der Waals surface area contributed by atoms with Crippen molar-refractivity contribution in [1.82, 2.24) is 9.80 Å². The van der Waals surface area contributed by atoms with Crippen LogP contribution >= 0.6 is 0 Å². The van der Waals surface area contributed by atoms with Crippen LogP contribution in [0.3, 0.4) is 0 Å². The molecule has 0 spiro atoms. The summed E-state index contributed by atoms with van der Waals surface area (Å²) < 4.78 is 5.15. The summed E-state index contributed by atoms with van der Waals surface area (Å²) in [7, 11) is 3.44. The summed E-state index contributed by atoms with van der Waals surface area (Å²) >= 11 is 0. The van der Waals surface area contributed by atoms with Gasteiger partial charge in [0.1, 0.15) is 11.9 Å². The quantitative estimate of drug-likeness (QED) is 0.864. The Bertz CT molecular complexity index is 482. The van der Waals surface area contributed by atoms with Crippen molar-refractivity contribution in [2.45, 2.75) is 18.7 Å². The van der Waals surface area contributed by atoms with E-state index < -0.39 is 6.10 Å². The zero-order valence-electron chi connectivity index (χ0n) is 11.8. The van der Waals surface area contributed by atoms with Crippen molar-refractivity contribution < 1.29 is 14.6 Å². The molecule has 5 heteroatoms. The Labute approximate surface area is 118 Å². The highest BCUT2D eigenvalue weighted by Gasteiger charge is 2.50. The molecule has 0 unspecified atom stereocenters. The molecule has 0 radical (unpaired) electrons. The number of hydrogen-bond acceptors (Lipinski definition) is 4. The standard InChI is InChI=1S/C15H20N2O3/c1-16-13-9-17(8-12(13)14(18)15(16)19)7-10-3-5-11(20-2)6-4-10/h3-6,12-14,18H,7-9H2,1-2H3/t12-,13+,14-/m0/s1. The molecule has 0 bridgehead atoms. The number of carbonyl (C=O) groups excluding carboxylic acids is 1. The lowest BCUT2D eigenvalue weighted by Crippen LogP contribution is -2.36. The van der Waals surface area contributed by atoms with E-state index in [-0.39, 0.29) is 17.9 Å². The second-order valence-electron chi connectivity index (χ2n) is 5.67. The Morgan fingerprint density at radius 1 is 1.30 bits per heavy atom. The van der Waals surface area contributed by atoms with Gasteiger partial charge in [-0.25, -0.2) is 0 Å². The lowest BCUT2D eigenvalue weighted by atomic mass is 10.0. The van der Waals surface area contributed by atoms with Gasteiger partial charge in [0.15, 0.2) is 0 Å². The third-order valence-electron chi connectivity index (χ3n) is 4.48. The molecular weight excluding hydrogens is 256 g/mol. The minimum absolute atomic E-state index is 0.0470. The molecule has 0 aliphatic carbocycles. The van der Waals surface area contributed by atoms with E-state index >= 15 is 0 Å². The summed E-state index contributed by atoms with van der Waals surface area (Å²) in [6.45, 7) is 2.44. The highest BCUT2D eigenvalue weighted by atomic mass is 16.5. The first kappa shape index (κ1) is 13.4. The first-order valence-electron chi connectivity index (χ1n) is 6.90. The molecule has 2 aliphatic rings. The summed E-state index contributed by atoms with van der Waals surface area (Å²) in [5.74, 6) is 0.766. The molecule has 1 aromatic rings. The molecule has 2 aliphatic heterocycles. The molecule has 0 aromatic heterocycles. The van der Waals surface area contributed by atoms with E-state index in [0.29, 0.717) is 0 Å². The van der Waals surface area contributed by atoms with Crippen molar-refractivity contribution in [2.24, 2.45) is 5.92 Å². The summed E-state index contributed by atoms with van der Waals surface area (Å²) in [4.78, 5) is 15.7. The first-order valence-corrected chi connectivity index (χ1v) is 6.90. The summed E-state index contributed by atoms with van der Waals surface area (Å²) in [6.07, 6.45) is -0.828. The van der Waals surface area contributed by atoms with Crippen LogP contribution in [-0.4, -0.2) is 60.2 Å². The molecule has 5 nitrogen and oxygen atoms in total. The van der Waals surface area contributed by atoms with Crippen molar-refractivity contribution in [1.29, 1.82) is 0 Å². The van der Waals surface area contributed by atoms with Gasteiger partial charge >= 0.3 is 0 Å². The smallest absolute Gasteiger partial charge is 0.251 e. The van der Waals surface area contributed by atoms with Crippen molar-refractivity contribution in [3.8, 4) is 5.75 Å². The zero-order valence-corrected chi connectivity index (χ0v) is 11.8. The van der Waals surface area contributed by atoms with Crippen LogP contribution < -0.4 is 4.74 Å². The van der Waals surface area contributed by atoms with E-state index in [0.717, 1.165) is 25.4 Å². The number of likely N-dealkylation sites (tertiary alicyclic amines) is 2. The first-order chi connectivity index (χ1) is 9.60. The number of carbonyl (C=O) groups is 1. The van der Waals surface area contributed by atoms with Crippen molar-refractivity contribution in [3.63, 3.8) is 0 Å². The van der Waals surface area contributed by atoms with E-state index in [9.17, 15) is 9.90 Å². The molecule has 1 aromatic carbocycles. The number of benzene rings is 1. The fraction of sp³-hybridized carbons (Fsp3) is 0.533. The molecule has 3 atom stereocenters. The lowest BCUT2D eigenvalue weighted by Gasteiger charge is -2.21. The number of ether oxygens (including phenoxy) is 1. The van der Waals surface area contributed by atoms with Crippen molar-refractivity contribution in [2.75, 3.05) is 27.2 Å². The van der Waals surface area contributed by atoms with Crippen LogP contribution in [0.15, 0.2) is 24.3 Å². The van der Waals surface area contributed by atoms with Crippen molar-refractivity contribution in [3.05, 3.63) is 29.8 Å². The van der Waals surface area contributed by atoms with E-state index in [1.54, 1.807) is 19.1 Å². The molecule has 20 heavy (non-hydrogen) atoms. The Balaban J connectivity index is 1.65. The van der Waals surface area contributed by atoms with Crippen LogP contribution in [0.5, 0.6) is 5.75 Å². The Hall–Kier alpha value is -1.59. The average molecular weight is 276 g/mol. The number of aliphatic hydroxyl groups excluding tert-OH is 1. The van der Waals surface area contributed by atoms with Gasteiger partial charge in [0.25, 0.3) is 5.91 Å². The van der Waals surface area contributed by atoms with E-state index in [1.807, 2.05) is 12.1 Å². The number of methoxy groups -OCH3 is 1. The van der Waals surface area contributed by atoms with E-state index in [2.05, 4.69) is 17.0 Å². The number of likely N-dealkylation sites (N-methyl/N-ethyl adjacent to an activating group) is 1. The lowest BCUT2D eigenvalue weighted by molar-refractivity contribution is -0.135. The largest absolute Gasteiger partial charge is 0.497 e. The highest BCUT2D eigenvalue weighted by molar-refractivity contribution is 5.84. The van der Waals surface area contributed by atoms with Gasteiger partial charge in [-0.05, 0) is 17.7 Å². The summed E-state index contributed by atoms with van der Waals surface area (Å²) in [6, 6.07) is 8.17. The number of aliphatic hydroxyl groups is 1. The van der Waals surface area contributed by atoms with Crippen LogP contribution in [0, 0.1) is 5.92 Å². The topological polar surface area (TPSA) is 53.0 Å². The molecule has 0 saturated carbocycles. The maximum Gasteiger partial charge on any atom is 0.251 e. The maximum absolute atomic E-state index is 11.7. The predicted molar refractivity (Wildman–Crippen MR) is 74.3 cm³/mol. The zero-order chi connectivity index (χ0) is 14.3. The molecule has 2 saturated heterocycles. The number of fused-ring (bicyclic) bond motifs is 1. The molecule has 2 heterocycles. The SMILES string of the molecule is COc1ccc(CN2C[C@@H]3[C@H](O)C(=O)N(C)[C@@H]3C2)cc1. The van der Waals surface area contributed by atoms with Gasteiger partial charge in [-0.15, -0.1) is 0 Å². The Morgan fingerprint density at radius 2 is 2.00 bits per heavy atom. The normalized spacial score (nSPS) is 29.9. The summed E-state index contributed by atoms with van der Waals surface area (Å²) in [5.41, 5.74) is 1.22. The number of nitrogens with zero attached hydrogens (tertiary/aromatic N) is 2. The Morgan fingerprint density at radius 3 is 2.60 bits per heavy atom. The van der Waals surface area contributed by atoms with Gasteiger partial charge < -0.3 is 14.7 Å². The van der Waals surface area contributed by atoms with Gasteiger partial charge in [0.2, 0.25) is 0 Å². The van der Waals surface area contributed by atoms with E-state index in [1.165, 1.54) is 5.56 Å². The van der Waals surface area contributed by atoms with Gasteiger partial charge in [0.05, 0.1) is 13.2 Å². The second-order valence-corrected chi connectivity index (χ2v) is 5.67. The van der Waals surface area contributed by atoms with E-state index in [4.69, 9.17) is 4.74 Å². The van der Waals surface area contributed by atoms with Crippen LogP contribution in [0.4, 0.5) is 0 Å². The fourth-order valence-corrected chi connectivity index (χ4v) is 3.29. The molecule has 108 valence electrons. The highest BCUT2D eigenvalue weighted by Crippen LogP contribution is 2.32. The number of amides is 1. The van der Waals surface area contributed by atoms with Gasteiger partial charge in [0, 0.05) is 32.6 Å². The molecular formula is C15H20N2O3. The number of rotatable bonds is 3. The van der Waals surface area contributed by atoms with Crippen LogP contribution in [-0.2, 0) is 11.3 Å². The van der Waals surface area contributed by atoms with Crippen LogP contribution in [0.25, 0.3) is 0 Å². The minimum atomic E-state index is -0.828. The van der Waals surface area contributed by atoms with Crippen LogP contribution in [0.2, 0.25) is 0 Å². The monoisotopic (exact) mass is 276 g/mol. The van der Waals surface area contributed by atoms with Crippen molar-refractivity contribution >= 4 is 5.91 Å². The van der Waals surface area contributed by atoms with Gasteiger partial charge in [-0.1, -0.05) is 12.1 Å². The molecule has 2 fully saturated rings. The third-order valence-corrected chi connectivity index (χ3v) is 4.48. The third kappa shape index (κ3) is 2.17. The predicted octanol–water partition coefficient (Wildman–Crippen LogP) is 0.328. The molecule has 3 rings (SSSR count). The second kappa shape index (κ2) is 5.07. The molecule has 1 N–H and O–H groups in total. The minimum Gasteiger partial charge on any atom is -0.497 e. The molecule has 1 amide bonds. The van der Waals surface area contributed by atoms with Gasteiger partial charge in [-0.3, -0.25) is 9.69 Å². The Kier molecular flexibility index (Phi) is 3.40. The van der Waals surface area contributed by atoms with Gasteiger partial charge in [-0.2, -0.15) is 0 Å². The maximum atomic E-state index is 11.7. The number of hydrogen-bond donors (Lipinski definition) is 1. The summed E-state index contributed by atoms with van der Waals surface area (Å²) in [5, 5.41) is 9.96. The fourth-order valence-electron chi connectivity index (χ4n) is 3.29. The van der Waals surface area contributed by atoms with Crippen LogP contribution in [0.1, 0.15) is 5.56 Å².